The fraction of sp³-hybridized carbons (Fsp3) is 0.348. The Bertz CT molecular complexity index is 1170. The monoisotopic (exact) mass is 457 g/mol. The van der Waals surface area contributed by atoms with Gasteiger partial charge in [0.25, 0.3) is 5.91 Å². The van der Waals surface area contributed by atoms with E-state index in [2.05, 4.69) is 19.9 Å². The molecule has 2 aromatic heterocycles. The Kier molecular flexibility index (Phi) is 5.30. The molecule has 2 aliphatic heterocycles. The van der Waals surface area contributed by atoms with Crippen LogP contribution >= 0.6 is 0 Å². The lowest BCUT2D eigenvalue weighted by molar-refractivity contribution is -0.138. The van der Waals surface area contributed by atoms with E-state index in [1.54, 1.807) is 17.0 Å². The molecule has 3 atom stereocenters. The molecule has 2 bridgehead atoms. The van der Waals surface area contributed by atoms with Crippen molar-refractivity contribution >= 4 is 5.91 Å². The van der Waals surface area contributed by atoms with Crippen LogP contribution < -0.4 is 0 Å². The summed E-state index contributed by atoms with van der Waals surface area (Å²) in [6.07, 6.45) is 2.70. The van der Waals surface area contributed by atoms with Crippen molar-refractivity contribution in [3.8, 4) is 11.4 Å². The van der Waals surface area contributed by atoms with Gasteiger partial charge in [-0.15, -0.1) is 0 Å². The third-order valence-electron chi connectivity index (χ3n) is 6.41. The molecule has 0 saturated carbocycles. The van der Waals surface area contributed by atoms with Crippen molar-refractivity contribution in [2.75, 3.05) is 0 Å². The van der Waals surface area contributed by atoms with E-state index in [9.17, 15) is 22.4 Å². The van der Waals surface area contributed by atoms with Crippen molar-refractivity contribution in [2.24, 2.45) is 5.92 Å². The summed E-state index contributed by atoms with van der Waals surface area (Å²) in [6.45, 7) is 0. The maximum atomic E-state index is 14.9. The minimum absolute atomic E-state index is 0.00682. The van der Waals surface area contributed by atoms with E-state index in [1.807, 2.05) is 0 Å². The molecule has 2 saturated heterocycles. The standard InChI is InChI=1S/C23H19F4N5O/c24-17-4-1-3-16(21-28-7-2-8-29-21)20(17)22(33)32-15-5-6-18(32)13(9-15)10-19-30-11-14(12-31-19)23(25,26)27/h1-4,7-8,11-13,15,18H,5-6,9-10H2. The van der Waals surface area contributed by atoms with Gasteiger partial charge in [-0.1, -0.05) is 12.1 Å². The van der Waals surface area contributed by atoms with Gasteiger partial charge in [0, 0.05) is 48.9 Å². The molecule has 1 amide bonds. The zero-order valence-electron chi connectivity index (χ0n) is 17.3. The Morgan fingerprint density at radius 3 is 2.45 bits per heavy atom. The minimum Gasteiger partial charge on any atom is -0.332 e. The van der Waals surface area contributed by atoms with Crippen molar-refractivity contribution in [1.29, 1.82) is 0 Å². The molecule has 33 heavy (non-hydrogen) atoms. The van der Waals surface area contributed by atoms with Crippen LogP contribution in [-0.2, 0) is 12.6 Å². The third-order valence-corrected chi connectivity index (χ3v) is 6.41. The van der Waals surface area contributed by atoms with Crippen LogP contribution in [0.1, 0.15) is 41.0 Å². The van der Waals surface area contributed by atoms with Gasteiger partial charge in [0.2, 0.25) is 0 Å². The van der Waals surface area contributed by atoms with Crippen molar-refractivity contribution in [1.82, 2.24) is 24.8 Å². The molecular weight excluding hydrogens is 438 g/mol. The van der Waals surface area contributed by atoms with Crippen molar-refractivity contribution in [2.45, 2.75) is 43.9 Å². The number of rotatable bonds is 4. The second kappa shape index (κ2) is 8.17. The summed E-state index contributed by atoms with van der Waals surface area (Å²) in [6, 6.07) is 5.80. The Morgan fingerprint density at radius 2 is 1.76 bits per heavy atom. The van der Waals surface area contributed by atoms with E-state index >= 15 is 0 Å². The number of benzene rings is 1. The summed E-state index contributed by atoms with van der Waals surface area (Å²) in [5, 5.41) is 0. The lowest BCUT2D eigenvalue weighted by atomic mass is 9.86. The summed E-state index contributed by atoms with van der Waals surface area (Å²) >= 11 is 0. The molecular formula is C23H19F4N5O. The highest BCUT2D eigenvalue weighted by molar-refractivity contribution is 6.01. The Morgan fingerprint density at radius 1 is 1.03 bits per heavy atom. The molecule has 0 radical (unpaired) electrons. The Balaban J connectivity index is 1.39. The molecule has 0 N–H and O–H groups in total. The molecule has 0 spiro atoms. The first-order chi connectivity index (χ1) is 15.8. The molecule has 6 nitrogen and oxygen atoms in total. The highest BCUT2D eigenvalue weighted by Gasteiger charge is 2.49. The maximum absolute atomic E-state index is 14.9. The number of aromatic nitrogens is 4. The van der Waals surface area contributed by atoms with E-state index < -0.39 is 23.5 Å². The van der Waals surface area contributed by atoms with E-state index in [0.29, 0.717) is 24.2 Å². The normalized spacial score (nSPS) is 22.1. The first kappa shape index (κ1) is 21.4. The lowest BCUT2D eigenvalue weighted by Gasteiger charge is -2.25. The average Bonchev–Trinajstić information content (AvgIpc) is 3.37. The largest absolute Gasteiger partial charge is 0.419 e. The third kappa shape index (κ3) is 3.94. The second-order valence-corrected chi connectivity index (χ2v) is 8.33. The van der Waals surface area contributed by atoms with Crippen molar-refractivity contribution in [3.05, 3.63) is 71.8 Å². The molecule has 3 unspecified atom stereocenters. The molecule has 3 aromatic rings. The van der Waals surface area contributed by atoms with Crippen LogP contribution in [0.25, 0.3) is 11.4 Å². The zero-order chi connectivity index (χ0) is 23.2. The van der Waals surface area contributed by atoms with Gasteiger partial charge in [-0.2, -0.15) is 13.2 Å². The minimum atomic E-state index is -4.49. The number of alkyl halides is 3. The molecule has 170 valence electrons. The number of carbonyl (C=O) groups excluding carboxylic acids is 1. The first-order valence-electron chi connectivity index (χ1n) is 10.6. The van der Waals surface area contributed by atoms with Crippen LogP contribution in [0.15, 0.2) is 49.1 Å². The number of hydrogen-bond acceptors (Lipinski definition) is 5. The SMILES string of the molecule is O=C(c1c(F)cccc1-c1ncccn1)N1C2CCC1C(Cc1ncc(C(F)(F)F)cn1)C2. The van der Waals surface area contributed by atoms with Crippen LogP contribution in [0.3, 0.4) is 0 Å². The molecule has 2 aliphatic rings. The highest BCUT2D eigenvalue weighted by Crippen LogP contribution is 2.44. The summed E-state index contributed by atoms with van der Waals surface area (Å²) in [5.74, 6) is -0.496. The summed E-state index contributed by atoms with van der Waals surface area (Å²) in [5.41, 5.74) is -0.632. The topological polar surface area (TPSA) is 71.9 Å². The van der Waals surface area contributed by atoms with Crippen LogP contribution in [-0.4, -0.2) is 42.8 Å². The smallest absolute Gasteiger partial charge is 0.332 e. The van der Waals surface area contributed by atoms with Gasteiger partial charge in [0.15, 0.2) is 5.82 Å². The predicted molar refractivity (Wildman–Crippen MR) is 109 cm³/mol. The van der Waals surface area contributed by atoms with E-state index in [4.69, 9.17) is 0 Å². The van der Waals surface area contributed by atoms with Crippen LogP contribution in [0.5, 0.6) is 0 Å². The van der Waals surface area contributed by atoms with Crippen LogP contribution in [0, 0.1) is 11.7 Å². The summed E-state index contributed by atoms with van der Waals surface area (Å²) in [4.78, 5) is 31.4. The van der Waals surface area contributed by atoms with Gasteiger partial charge in [0.05, 0.1) is 11.1 Å². The van der Waals surface area contributed by atoms with E-state index in [0.717, 1.165) is 25.2 Å². The first-order valence-corrected chi connectivity index (χ1v) is 10.6. The quantitative estimate of drug-likeness (QED) is 0.546. The van der Waals surface area contributed by atoms with Gasteiger partial charge in [0.1, 0.15) is 11.6 Å². The molecule has 0 aliphatic carbocycles. The predicted octanol–water partition coefficient (Wildman–Crippen LogP) is 4.33. The average molecular weight is 457 g/mol. The number of nitrogens with zero attached hydrogens (tertiary/aromatic N) is 5. The van der Waals surface area contributed by atoms with Gasteiger partial charge >= 0.3 is 6.18 Å². The molecule has 1 aromatic carbocycles. The number of carbonyl (C=O) groups is 1. The fourth-order valence-electron chi connectivity index (χ4n) is 4.98. The van der Waals surface area contributed by atoms with Gasteiger partial charge < -0.3 is 4.90 Å². The number of amides is 1. The number of hydrogen-bond donors (Lipinski definition) is 0. The molecule has 2 fully saturated rings. The molecule has 5 rings (SSSR count). The number of fused-ring (bicyclic) bond motifs is 2. The number of halogens is 4. The van der Waals surface area contributed by atoms with E-state index in [-0.39, 0.29) is 29.4 Å². The lowest BCUT2D eigenvalue weighted by Crippen LogP contribution is -2.37. The van der Waals surface area contributed by atoms with Gasteiger partial charge in [-0.3, -0.25) is 4.79 Å². The van der Waals surface area contributed by atoms with Gasteiger partial charge in [-0.25, -0.2) is 24.3 Å². The Hall–Kier alpha value is -3.43. The fourth-order valence-corrected chi connectivity index (χ4v) is 4.98. The molecule has 10 heteroatoms. The van der Waals surface area contributed by atoms with Crippen molar-refractivity contribution < 1.29 is 22.4 Å². The highest BCUT2D eigenvalue weighted by atomic mass is 19.4. The second-order valence-electron chi connectivity index (χ2n) is 8.33. The molecule has 4 heterocycles. The van der Waals surface area contributed by atoms with Crippen molar-refractivity contribution in [3.63, 3.8) is 0 Å². The Labute approximate surface area is 186 Å². The van der Waals surface area contributed by atoms with Crippen LogP contribution in [0.4, 0.5) is 17.6 Å². The van der Waals surface area contributed by atoms with Crippen LogP contribution in [0.2, 0.25) is 0 Å². The summed E-state index contributed by atoms with van der Waals surface area (Å²) < 4.78 is 53.2. The summed E-state index contributed by atoms with van der Waals surface area (Å²) in [7, 11) is 0. The van der Waals surface area contributed by atoms with E-state index in [1.165, 1.54) is 24.5 Å². The van der Waals surface area contributed by atoms with Gasteiger partial charge in [-0.05, 0) is 37.3 Å². The zero-order valence-corrected chi connectivity index (χ0v) is 17.3. The maximum Gasteiger partial charge on any atom is 0.419 e.